The number of H-pyrrole nitrogens is 1. The molecule has 1 aromatic heterocycles. The third-order valence-corrected chi connectivity index (χ3v) is 3.12. The van der Waals surface area contributed by atoms with Crippen molar-refractivity contribution in [3.05, 3.63) is 28.5 Å². The average molecular weight is 309 g/mol. The minimum absolute atomic E-state index is 0.0836. The van der Waals surface area contributed by atoms with E-state index in [-0.39, 0.29) is 13.0 Å². The highest BCUT2D eigenvalue weighted by Gasteiger charge is 2.27. The lowest BCUT2D eigenvalue weighted by Gasteiger charge is -2.13. The van der Waals surface area contributed by atoms with Crippen LogP contribution < -0.4 is 0 Å². The SMILES string of the molecule is C=CCC(F)(F)COCc1[nH]nc(CC)c1Br. The van der Waals surface area contributed by atoms with Gasteiger partial charge in [-0.05, 0) is 22.4 Å². The molecule has 0 aliphatic heterocycles. The van der Waals surface area contributed by atoms with Gasteiger partial charge in [0.2, 0.25) is 0 Å². The van der Waals surface area contributed by atoms with E-state index in [2.05, 4.69) is 32.7 Å². The number of halogens is 3. The molecule has 0 saturated carbocycles. The van der Waals surface area contributed by atoms with E-state index < -0.39 is 12.5 Å². The molecule has 1 N–H and O–H groups in total. The van der Waals surface area contributed by atoms with E-state index in [1.165, 1.54) is 6.08 Å². The molecular weight excluding hydrogens is 294 g/mol. The smallest absolute Gasteiger partial charge is 0.274 e. The number of aryl methyl sites for hydroxylation is 1. The number of aromatic nitrogens is 2. The van der Waals surface area contributed by atoms with E-state index in [1.807, 2.05) is 6.92 Å². The Morgan fingerprint density at radius 1 is 1.59 bits per heavy atom. The number of hydrogen-bond acceptors (Lipinski definition) is 2. The summed E-state index contributed by atoms with van der Waals surface area (Å²) in [6, 6.07) is 0. The molecule has 6 heteroatoms. The molecule has 1 heterocycles. The van der Waals surface area contributed by atoms with Gasteiger partial charge in [0.25, 0.3) is 5.92 Å². The summed E-state index contributed by atoms with van der Waals surface area (Å²) >= 11 is 3.35. The fourth-order valence-electron chi connectivity index (χ4n) is 1.31. The van der Waals surface area contributed by atoms with E-state index in [4.69, 9.17) is 4.74 Å². The fraction of sp³-hybridized carbons (Fsp3) is 0.545. The lowest BCUT2D eigenvalue weighted by atomic mass is 10.2. The summed E-state index contributed by atoms with van der Waals surface area (Å²) in [4.78, 5) is 0. The van der Waals surface area contributed by atoms with Gasteiger partial charge >= 0.3 is 0 Å². The molecule has 0 unspecified atom stereocenters. The normalized spacial score (nSPS) is 11.8. The molecule has 0 saturated heterocycles. The minimum atomic E-state index is -2.86. The highest BCUT2D eigenvalue weighted by atomic mass is 79.9. The monoisotopic (exact) mass is 308 g/mol. The van der Waals surface area contributed by atoms with Gasteiger partial charge in [-0.3, -0.25) is 5.10 Å². The summed E-state index contributed by atoms with van der Waals surface area (Å²) in [5, 5.41) is 6.79. The molecule has 1 rings (SSSR count). The van der Waals surface area contributed by atoms with Crippen molar-refractivity contribution in [1.82, 2.24) is 10.2 Å². The van der Waals surface area contributed by atoms with Crippen molar-refractivity contribution in [3.8, 4) is 0 Å². The zero-order valence-corrected chi connectivity index (χ0v) is 11.2. The standard InChI is InChI=1S/C11H15BrF2N2O/c1-3-5-11(13,14)7-17-6-9-10(12)8(4-2)15-16-9/h3H,1,4-7H2,2H3,(H,15,16). The number of aromatic amines is 1. The first kappa shape index (κ1) is 14.3. The van der Waals surface area contributed by atoms with Gasteiger partial charge in [0, 0.05) is 6.42 Å². The fourth-order valence-corrected chi connectivity index (χ4v) is 1.88. The van der Waals surface area contributed by atoms with Gasteiger partial charge in [0.1, 0.15) is 6.61 Å². The molecular formula is C11H15BrF2N2O. The highest BCUT2D eigenvalue weighted by molar-refractivity contribution is 9.10. The molecule has 0 radical (unpaired) electrons. The zero-order chi connectivity index (χ0) is 12.9. The van der Waals surface area contributed by atoms with Crippen LogP contribution in [-0.4, -0.2) is 22.7 Å². The third-order valence-electron chi connectivity index (χ3n) is 2.18. The largest absolute Gasteiger partial charge is 0.369 e. The predicted molar refractivity (Wildman–Crippen MR) is 65.1 cm³/mol. The summed E-state index contributed by atoms with van der Waals surface area (Å²) < 4.78 is 31.9. The molecule has 96 valence electrons. The number of rotatable bonds is 7. The molecule has 0 atom stereocenters. The van der Waals surface area contributed by atoms with Gasteiger partial charge in [-0.1, -0.05) is 13.0 Å². The molecule has 0 aliphatic rings. The Morgan fingerprint density at radius 2 is 2.29 bits per heavy atom. The number of allylic oxidation sites excluding steroid dienone is 1. The summed E-state index contributed by atoms with van der Waals surface area (Å²) in [7, 11) is 0. The lowest BCUT2D eigenvalue weighted by Crippen LogP contribution is -2.22. The zero-order valence-electron chi connectivity index (χ0n) is 9.60. The van der Waals surface area contributed by atoms with Crippen molar-refractivity contribution in [2.24, 2.45) is 0 Å². The number of nitrogens with zero attached hydrogens (tertiary/aromatic N) is 1. The Bertz CT molecular complexity index is 380. The van der Waals surface area contributed by atoms with Gasteiger partial charge in [-0.15, -0.1) is 6.58 Å². The molecule has 1 aromatic rings. The molecule has 17 heavy (non-hydrogen) atoms. The lowest BCUT2D eigenvalue weighted by molar-refractivity contribution is -0.0794. The van der Waals surface area contributed by atoms with Crippen LogP contribution in [0.2, 0.25) is 0 Å². The van der Waals surface area contributed by atoms with E-state index in [0.717, 1.165) is 16.6 Å². The first-order valence-electron chi connectivity index (χ1n) is 5.28. The Hall–Kier alpha value is -0.750. The molecule has 0 fully saturated rings. The second-order valence-electron chi connectivity index (χ2n) is 3.66. The quantitative estimate of drug-likeness (QED) is 0.783. The van der Waals surface area contributed by atoms with E-state index in [9.17, 15) is 8.78 Å². The van der Waals surface area contributed by atoms with Crippen molar-refractivity contribution < 1.29 is 13.5 Å². The van der Waals surface area contributed by atoms with Crippen molar-refractivity contribution in [3.63, 3.8) is 0 Å². The number of hydrogen-bond donors (Lipinski definition) is 1. The molecule has 0 spiro atoms. The topological polar surface area (TPSA) is 37.9 Å². The summed E-state index contributed by atoms with van der Waals surface area (Å²) in [6.45, 7) is 4.71. The predicted octanol–water partition coefficient (Wildman–Crippen LogP) is 3.46. The van der Waals surface area contributed by atoms with Crippen LogP contribution in [0, 0.1) is 0 Å². The van der Waals surface area contributed by atoms with Gasteiger partial charge in [-0.25, -0.2) is 8.78 Å². The Kier molecular flexibility index (Phi) is 5.27. The van der Waals surface area contributed by atoms with Crippen LogP contribution in [0.25, 0.3) is 0 Å². The molecule has 0 aromatic carbocycles. The maximum Gasteiger partial charge on any atom is 0.274 e. The Labute approximate surface area is 107 Å². The second kappa shape index (κ2) is 6.26. The van der Waals surface area contributed by atoms with Gasteiger partial charge in [0.05, 0.1) is 22.5 Å². The molecule has 0 bridgehead atoms. The van der Waals surface area contributed by atoms with Crippen LogP contribution in [-0.2, 0) is 17.8 Å². The summed E-state index contributed by atoms with van der Waals surface area (Å²) in [5.41, 5.74) is 1.54. The third kappa shape index (κ3) is 4.20. The Morgan fingerprint density at radius 3 is 2.82 bits per heavy atom. The van der Waals surface area contributed by atoms with E-state index in [0.29, 0.717) is 5.69 Å². The van der Waals surface area contributed by atoms with Crippen LogP contribution in [0.3, 0.4) is 0 Å². The first-order chi connectivity index (χ1) is 8.00. The minimum Gasteiger partial charge on any atom is -0.369 e. The van der Waals surface area contributed by atoms with Crippen LogP contribution in [0.1, 0.15) is 24.7 Å². The average Bonchev–Trinajstić information content (AvgIpc) is 2.60. The molecule has 0 aliphatic carbocycles. The van der Waals surface area contributed by atoms with Crippen molar-refractivity contribution in [1.29, 1.82) is 0 Å². The van der Waals surface area contributed by atoms with Crippen molar-refractivity contribution in [2.45, 2.75) is 32.3 Å². The highest BCUT2D eigenvalue weighted by Crippen LogP contribution is 2.22. The van der Waals surface area contributed by atoms with Crippen molar-refractivity contribution >= 4 is 15.9 Å². The summed E-state index contributed by atoms with van der Waals surface area (Å²) in [5.74, 6) is -2.86. The summed E-state index contributed by atoms with van der Waals surface area (Å²) in [6.07, 6.45) is 1.58. The van der Waals surface area contributed by atoms with Crippen LogP contribution >= 0.6 is 15.9 Å². The molecule has 3 nitrogen and oxygen atoms in total. The van der Waals surface area contributed by atoms with Gasteiger partial charge in [-0.2, -0.15) is 5.10 Å². The van der Waals surface area contributed by atoms with Crippen LogP contribution in [0.5, 0.6) is 0 Å². The number of nitrogens with one attached hydrogen (secondary N) is 1. The van der Waals surface area contributed by atoms with Gasteiger partial charge in [0.15, 0.2) is 0 Å². The van der Waals surface area contributed by atoms with Crippen molar-refractivity contribution in [2.75, 3.05) is 6.61 Å². The maximum atomic E-state index is 13.1. The van der Waals surface area contributed by atoms with E-state index >= 15 is 0 Å². The van der Waals surface area contributed by atoms with E-state index in [1.54, 1.807) is 0 Å². The number of alkyl halides is 2. The molecule has 0 amide bonds. The van der Waals surface area contributed by atoms with Crippen LogP contribution in [0.4, 0.5) is 8.78 Å². The van der Waals surface area contributed by atoms with Crippen LogP contribution in [0.15, 0.2) is 17.1 Å². The Balaban J connectivity index is 2.45. The number of ether oxygens (including phenoxy) is 1. The first-order valence-corrected chi connectivity index (χ1v) is 6.07. The van der Waals surface area contributed by atoms with Gasteiger partial charge < -0.3 is 4.74 Å². The maximum absolute atomic E-state index is 13.1. The second-order valence-corrected chi connectivity index (χ2v) is 4.45.